The molecule has 1 aromatic carbocycles. The van der Waals surface area contributed by atoms with Crippen LogP contribution in [0, 0.1) is 0 Å². The first-order valence-corrected chi connectivity index (χ1v) is 5.42. The molecule has 0 spiro atoms. The molecule has 0 saturated heterocycles. The van der Waals surface area contributed by atoms with Crippen LogP contribution in [0.3, 0.4) is 0 Å². The SMILES string of the molecule is CCC(C)c1ccccc1.CCCO. The Bertz CT molecular complexity index is 204. The number of hydrogen-bond acceptors (Lipinski definition) is 1. The molecule has 1 aromatic rings. The third kappa shape index (κ3) is 5.76. The van der Waals surface area contributed by atoms with Crippen LogP contribution in [0.25, 0.3) is 0 Å². The second-order valence-corrected chi connectivity index (χ2v) is 3.44. The molecule has 1 atom stereocenters. The molecule has 0 saturated carbocycles. The summed E-state index contributed by atoms with van der Waals surface area (Å²) in [6.07, 6.45) is 2.10. The van der Waals surface area contributed by atoms with E-state index in [1.807, 2.05) is 6.92 Å². The lowest BCUT2D eigenvalue weighted by atomic mass is 9.99. The van der Waals surface area contributed by atoms with Crippen molar-refractivity contribution in [3.63, 3.8) is 0 Å². The monoisotopic (exact) mass is 194 g/mol. The van der Waals surface area contributed by atoms with Crippen molar-refractivity contribution in [3.8, 4) is 0 Å². The van der Waals surface area contributed by atoms with Gasteiger partial charge in [0.05, 0.1) is 0 Å². The molecule has 1 heteroatoms. The van der Waals surface area contributed by atoms with E-state index in [1.165, 1.54) is 12.0 Å². The summed E-state index contributed by atoms with van der Waals surface area (Å²) in [6, 6.07) is 10.6. The number of hydrogen-bond donors (Lipinski definition) is 1. The maximum atomic E-state index is 7.88. The summed E-state index contributed by atoms with van der Waals surface area (Å²) in [7, 11) is 0. The van der Waals surface area contributed by atoms with Gasteiger partial charge in [-0.3, -0.25) is 0 Å². The van der Waals surface area contributed by atoms with Crippen LogP contribution in [-0.4, -0.2) is 11.7 Å². The molecule has 1 N–H and O–H groups in total. The second-order valence-electron chi connectivity index (χ2n) is 3.44. The molecule has 0 heterocycles. The van der Waals surface area contributed by atoms with E-state index < -0.39 is 0 Å². The number of aliphatic hydroxyl groups excluding tert-OH is 1. The van der Waals surface area contributed by atoms with Gasteiger partial charge in [0.1, 0.15) is 0 Å². The van der Waals surface area contributed by atoms with Crippen LogP contribution >= 0.6 is 0 Å². The molecule has 0 aromatic heterocycles. The highest BCUT2D eigenvalue weighted by Gasteiger charge is 1.98. The zero-order valence-electron chi connectivity index (χ0n) is 9.53. The largest absolute Gasteiger partial charge is 0.396 e. The highest BCUT2D eigenvalue weighted by atomic mass is 16.2. The second kappa shape index (κ2) is 8.76. The van der Waals surface area contributed by atoms with E-state index >= 15 is 0 Å². The Morgan fingerprint density at radius 2 is 1.64 bits per heavy atom. The molecule has 14 heavy (non-hydrogen) atoms. The van der Waals surface area contributed by atoms with Crippen LogP contribution in [0.2, 0.25) is 0 Å². The Labute approximate surface area is 87.8 Å². The molecule has 1 nitrogen and oxygen atoms in total. The van der Waals surface area contributed by atoms with E-state index in [0.717, 1.165) is 6.42 Å². The third-order valence-electron chi connectivity index (χ3n) is 2.20. The smallest absolute Gasteiger partial charge is 0.0428 e. The molecule has 0 aliphatic heterocycles. The van der Waals surface area contributed by atoms with Gasteiger partial charge < -0.3 is 5.11 Å². The first-order chi connectivity index (χ1) is 6.76. The van der Waals surface area contributed by atoms with E-state index in [0.29, 0.717) is 12.5 Å². The lowest BCUT2D eigenvalue weighted by Crippen LogP contribution is -1.88. The minimum Gasteiger partial charge on any atom is -0.396 e. The highest BCUT2D eigenvalue weighted by Crippen LogP contribution is 2.16. The normalized spacial score (nSPS) is 11.4. The minimum absolute atomic E-state index is 0.319. The van der Waals surface area contributed by atoms with Crippen LogP contribution in [-0.2, 0) is 0 Å². The average molecular weight is 194 g/mol. The summed E-state index contributed by atoms with van der Waals surface area (Å²) in [6.45, 7) is 6.73. The van der Waals surface area contributed by atoms with Crippen LogP contribution in [0.15, 0.2) is 30.3 Å². The van der Waals surface area contributed by atoms with Crippen LogP contribution in [0.5, 0.6) is 0 Å². The quantitative estimate of drug-likeness (QED) is 0.779. The zero-order valence-corrected chi connectivity index (χ0v) is 9.53. The first kappa shape index (κ1) is 13.2. The van der Waals surface area contributed by atoms with E-state index in [9.17, 15) is 0 Å². The molecule has 0 aliphatic carbocycles. The van der Waals surface area contributed by atoms with Crippen molar-refractivity contribution in [2.45, 2.75) is 39.5 Å². The Hall–Kier alpha value is -0.820. The zero-order chi connectivity index (χ0) is 10.8. The molecular weight excluding hydrogens is 172 g/mol. The van der Waals surface area contributed by atoms with Gasteiger partial charge in [-0.1, -0.05) is 51.1 Å². The molecule has 1 unspecified atom stereocenters. The molecule has 0 amide bonds. The van der Waals surface area contributed by atoms with E-state index in [2.05, 4.69) is 44.2 Å². The predicted octanol–water partition coefficient (Wildman–Crippen LogP) is 3.59. The fraction of sp³-hybridized carbons (Fsp3) is 0.538. The fourth-order valence-corrected chi connectivity index (χ4v) is 1.02. The summed E-state index contributed by atoms with van der Waals surface area (Å²) in [5.74, 6) is 0.709. The molecule has 0 fully saturated rings. The van der Waals surface area contributed by atoms with E-state index in [1.54, 1.807) is 0 Å². The van der Waals surface area contributed by atoms with Crippen molar-refractivity contribution >= 4 is 0 Å². The number of aliphatic hydroxyl groups is 1. The summed E-state index contributed by atoms with van der Waals surface area (Å²) < 4.78 is 0. The van der Waals surface area contributed by atoms with E-state index in [4.69, 9.17) is 5.11 Å². The number of rotatable bonds is 3. The van der Waals surface area contributed by atoms with Crippen LogP contribution < -0.4 is 0 Å². The van der Waals surface area contributed by atoms with Gasteiger partial charge in [0.25, 0.3) is 0 Å². The van der Waals surface area contributed by atoms with E-state index in [-0.39, 0.29) is 0 Å². The predicted molar refractivity (Wildman–Crippen MR) is 62.5 cm³/mol. The number of benzene rings is 1. The van der Waals surface area contributed by atoms with Crippen molar-refractivity contribution in [1.82, 2.24) is 0 Å². The summed E-state index contributed by atoms with van der Waals surface area (Å²) in [5.41, 5.74) is 1.45. The molecule has 0 bridgehead atoms. The van der Waals surface area contributed by atoms with Gasteiger partial charge >= 0.3 is 0 Å². The Kier molecular flexibility index (Phi) is 8.25. The third-order valence-corrected chi connectivity index (χ3v) is 2.20. The highest BCUT2D eigenvalue weighted by molar-refractivity contribution is 5.18. The molecular formula is C13H22O. The van der Waals surface area contributed by atoms with Gasteiger partial charge in [0.15, 0.2) is 0 Å². The van der Waals surface area contributed by atoms with Gasteiger partial charge in [-0.15, -0.1) is 0 Å². The lowest BCUT2D eigenvalue weighted by Gasteiger charge is -2.06. The first-order valence-electron chi connectivity index (χ1n) is 5.42. The van der Waals surface area contributed by atoms with Crippen molar-refractivity contribution in [2.24, 2.45) is 0 Å². The maximum Gasteiger partial charge on any atom is 0.0428 e. The van der Waals surface area contributed by atoms with Crippen LogP contribution in [0.1, 0.15) is 45.1 Å². The Morgan fingerprint density at radius 1 is 1.14 bits per heavy atom. The average Bonchev–Trinajstić information content (AvgIpc) is 2.29. The molecule has 0 aliphatic rings. The van der Waals surface area contributed by atoms with Gasteiger partial charge in [-0.05, 0) is 24.3 Å². The Balaban J connectivity index is 0.000000364. The van der Waals surface area contributed by atoms with Gasteiger partial charge in [0, 0.05) is 6.61 Å². The maximum absolute atomic E-state index is 7.88. The summed E-state index contributed by atoms with van der Waals surface area (Å²) in [5, 5.41) is 7.88. The Morgan fingerprint density at radius 3 is 2.00 bits per heavy atom. The van der Waals surface area contributed by atoms with Crippen LogP contribution in [0.4, 0.5) is 0 Å². The van der Waals surface area contributed by atoms with Crippen molar-refractivity contribution in [3.05, 3.63) is 35.9 Å². The van der Waals surface area contributed by atoms with Crippen molar-refractivity contribution in [2.75, 3.05) is 6.61 Å². The van der Waals surface area contributed by atoms with Gasteiger partial charge in [-0.2, -0.15) is 0 Å². The van der Waals surface area contributed by atoms with Gasteiger partial charge in [-0.25, -0.2) is 0 Å². The summed E-state index contributed by atoms with van der Waals surface area (Å²) in [4.78, 5) is 0. The summed E-state index contributed by atoms with van der Waals surface area (Å²) >= 11 is 0. The van der Waals surface area contributed by atoms with Gasteiger partial charge in [0.2, 0.25) is 0 Å². The standard InChI is InChI=1S/C10H14.C3H8O/c1-3-9(2)10-7-5-4-6-8-10;1-2-3-4/h4-9H,3H2,1-2H3;4H,2-3H2,1H3. The molecule has 80 valence electrons. The minimum atomic E-state index is 0.319. The molecule has 1 rings (SSSR count). The van der Waals surface area contributed by atoms with Crippen molar-refractivity contribution in [1.29, 1.82) is 0 Å². The lowest BCUT2D eigenvalue weighted by molar-refractivity contribution is 0.295. The fourth-order valence-electron chi connectivity index (χ4n) is 1.02. The topological polar surface area (TPSA) is 20.2 Å². The molecule has 0 radical (unpaired) electrons. The van der Waals surface area contributed by atoms with Crippen molar-refractivity contribution < 1.29 is 5.11 Å².